The molecule has 0 bridgehead atoms. The third kappa shape index (κ3) is 4.26. The minimum Gasteiger partial charge on any atom is -0.493 e. The first-order chi connectivity index (χ1) is 16.0. The molecule has 0 aliphatic carbocycles. The van der Waals surface area contributed by atoms with E-state index in [0.29, 0.717) is 46.0 Å². The van der Waals surface area contributed by atoms with E-state index in [-0.39, 0.29) is 12.5 Å². The summed E-state index contributed by atoms with van der Waals surface area (Å²) in [6.45, 7) is 3.93. The number of aromatic amines is 1. The molecular weight excluding hydrogens is 422 g/mol. The van der Waals surface area contributed by atoms with E-state index in [1.807, 2.05) is 31.2 Å². The molecule has 0 spiro atoms. The summed E-state index contributed by atoms with van der Waals surface area (Å²) < 4.78 is 13.6. The highest BCUT2D eigenvalue weighted by Crippen LogP contribution is 2.32. The van der Waals surface area contributed by atoms with E-state index in [1.165, 1.54) is 21.8 Å². The van der Waals surface area contributed by atoms with Crippen LogP contribution in [0.2, 0.25) is 0 Å². The molecule has 172 valence electrons. The largest absolute Gasteiger partial charge is 0.493 e. The zero-order chi connectivity index (χ0) is 23.5. The first-order valence-corrected chi connectivity index (χ1v) is 11.0. The van der Waals surface area contributed by atoms with Crippen molar-refractivity contribution in [2.24, 2.45) is 0 Å². The highest BCUT2D eigenvalue weighted by atomic mass is 16.5. The van der Waals surface area contributed by atoms with Crippen LogP contribution in [-0.4, -0.2) is 34.3 Å². The Bertz CT molecular complexity index is 1370. The van der Waals surface area contributed by atoms with Crippen molar-refractivity contribution >= 4 is 28.1 Å². The average Bonchev–Trinajstić information content (AvgIpc) is 3.26. The third-order valence-corrected chi connectivity index (χ3v) is 5.59. The Morgan fingerprint density at radius 3 is 2.42 bits per heavy atom. The number of aryl methyl sites for hydroxylation is 2. The second kappa shape index (κ2) is 9.32. The van der Waals surface area contributed by atoms with Crippen LogP contribution in [0.4, 0.5) is 5.69 Å². The fourth-order valence-electron chi connectivity index (χ4n) is 3.87. The van der Waals surface area contributed by atoms with Crippen LogP contribution < -0.4 is 25.5 Å². The van der Waals surface area contributed by atoms with Gasteiger partial charge in [-0.2, -0.15) is 0 Å². The lowest BCUT2D eigenvalue weighted by atomic mass is 10.1. The lowest BCUT2D eigenvalue weighted by Crippen LogP contribution is -2.33. The summed E-state index contributed by atoms with van der Waals surface area (Å²) in [7, 11) is 3.08. The number of ether oxygens (including phenoxy) is 2. The number of carbonyl (C=O) groups excluding carboxylic acids is 1. The second-order valence-corrected chi connectivity index (χ2v) is 7.77. The van der Waals surface area contributed by atoms with E-state index < -0.39 is 5.69 Å². The van der Waals surface area contributed by atoms with Gasteiger partial charge in [0, 0.05) is 24.2 Å². The molecule has 0 saturated heterocycles. The van der Waals surface area contributed by atoms with Crippen LogP contribution in [-0.2, 0) is 24.2 Å². The predicted molar refractivity (Wildman–Crippen MR) is 125 cm³/mol. The SMILES string of the molecule is CCCc1nn2c(=O)n(CC(=O)Nc3ccc(CC)cc3)c3cc(OC)c(OC)cc3c2[nH+]1. The number of H-pyrrole nitrogens is 1. The Morgan fingerprint density at radius 1 is 1.09 bits per heavy atom. The van der Waals surface area contributed by atoms with Crippen molar-refractivity contribution in [3.05, 3.63) is 58.3 Å². The van der Waals surface area contributed by atoms with Gasteiger partial charge in [-0.15, -0.1) is 0 Å². The molecule has 33 heavy (non-hydrogen) atoms. The van der Waals surface area contributed by atoms with E-state index in [2.05, 4.69) is 22.3 Å². The van der Waals surface area contributed by atoms with Gasteiger partial charge in [-0.1, -0.05) is 26.0 Å². The molecule has 2 aromatic carbocycles. The van der Waals surface area contributed by atoms with Gasteiger partial charge in [0.15, 0.2) is 11.5 Å². The number of carbonyl (C=O) groups is 1. The second-order valence-electron chi connectivity index (χ2n) is 7.77. The van der Waals surface area contributed by atoms with Crippen LogP contribution in [0.15, 0.2) is 41.2 Å². The number of aromatic nitrogens is 4. The van der Waals surface area contributed by atoms with Gasteiger partial charge in [0.05, 0.1) is 30.2 Å². The first kappa shape index (κ1) is 22.3. The number of nitrogens with zero attached hydrogens (tertiary/aromatic N) is 3. The van der Waals surface area contributed by atoms with Crippen LogP contribution in [0.1, 0.15) is 31.7 Å². The molecule has 9 nitrogen and oxygen atoms in total. The number of anilines is 1. The maximum absolute atomic E-state index is 13.4. The quantitative estimate of drug-likeness (QED) is 0.445. The maximum Gasteiger partial charge on any atom is 0.424 e. The molecule has 0 atom stereocenters. The molecular formula is C24H28N5O4+. The molecule has 0 radical (unpaired) electrons. The first-order valence-electron chi connectivity index (χ1n) is 11.0. The summed E-state index contributed by atoms with van der Waals surface area (Å²) in [5.74, 6) is 1.36. The average molecular weight is 451 g/mol. The van der Waals surface area contributed by atoms with Crippen LogP contribution in [0.5, 0.6) is 11.5 Å². The van der Waals surface area contributed by atoms with Gasteiger partial charge in [-0.25, -0.2) is 9.78 Å². The zero-order valence-corrected chi connectivity index (χ0v) is 19.3. The van der Waals surface area contributed by atoms with Crippen LogP contribution in [0.3, 0.4) is 0 Å². The molecule has 2 aromatic heterocycles. The van der Waals surface area contributed by atoms with Gasteiger partial charge in [0.1, 0.15) is 6.54 Å². The Labute approximate surface area is 191 Å². The van der Waals surface area contributed by atoms with Gasteiger partial charge >= 0.3 is 5.69 Å². The number of benzene rings is 2. The van der Waals surface area contributed by atoms with Crippen LogP contribution in [0, 0.1) is 0 Å². The summed E-state index contributed by atoms with van der Waals surface area (Å²) >= 11 is 0. The number of methoxy groups -OCH3 is 2. The molecule has 9 heteroatoms. The Morgan fingerprint density at radius 2 is 1.79 bits per heavy atom. The fraction of sp³-hybridized carbons (Fsp3) is 0.333. The Hall–Kier alpha value is -3.88. The molecule has 0 saturated carbocycles. The van der Waals surface area contributed by atoms with Crippen molar-refractivity contribution in [3.63, 3.8) is 0 Å². The van der Waals surface area contributed by atoms with Crippen molar-refractivity contribution in [3.8, 4) is 11.5 Å². The Kier molecular flexibility index (Phi) is 6.30. The highest BCUT2D eigenvalue weighted by Gasteiger charge is 2.24. The molecule has 0 aliphatic rings. The van der Waals surface area contributed by atoms with Gasteiger partial charge < -0.3 is 14.8 Å². The number of fused-ring (bicyclic) bond motifs is 3. The molecule has 4 rings (SSSR count). The van der Waals surface area contributed by atoms with Crippen LogP contribution in [0.25, 0.3) is 16.6 Å². The van der Waals surface area contributed by atoms with E-state index in [9.17, 15) is 9.59 Å². The summed E-state index contributed by atoms with van der Waals surface area (Å²) in [5.41, 5.74) is 2.53. The summed E-state index contributed by atoms with van der Waals surface area (Å²) in [5, 5.41) is 8.01. The van der Waals surface area contributed by atoms with E-state index in [4.69, 9.17) is 9.47 Å². The van der Waals surface area contributed by atoms with Gasteiger partial charge in [-0.05, 0) is 35.1 Å². The summed E-state index contributed by atoms with van der Waals surface area (Å²) in [4.78, 5) is 29.5. The van der Waals surface area contributed by atoms with E-state index >= 15 is 0 Å². The molecule has 1 amide bonds. The fourth-order valence-corrected chi connectivity index (χ4v) is 3.87. The van der Waals surface area contributed by atoms with Gasteiger partial charge in [0.2, 0.25) is 5.91 Å². The van der Waals surface area contributed by atoms with Crippen molar-refractivity contribution in [2.75, 3.05) is 19.5 Å². The number of hydrogen-bond acceptors (Lipinski definition) is 5. The third-order valence-electron chi connectivity index (χ3n) is 5.59. The standard InChI is InChI=1S/C24H27N5O4/c1-5-7-21-26-23-17-12-19(32-3)20(33-4)13-18(17)28(24(31)29(23)27-21)14-22(30)25-16-10-8-15(6-2)9-11-16/h8-13H,5-7,14H2,1-4H3,(H,25,30)/p+1. The predicted octanol–water partition coefficient (Wildman–Crippen LogP) is 2.63. The summed E-state index contributed by atoms with van der Waals surface area (Å²) in [6.07, 6.45) is 2.49. The molecule has 0 unspecified atom stereocenters. The zero-order valence-electron chi connectivity index (χ0n) is 19.3. The van der Waals surface area contributed by atoms with E-state index in [0.717, 1.165) is 12.8 Å². The minimum atomic E-state index is -0.417. The van der Waals surface area contributed by atoms with E-state index in [1.54, 1.807) is 19.2 Å². The van der Waals surface area contributed by atoms with Crippen molar-refractivity contribution in [2.45, 2.75) is 39.7 Å². The smallest absolute Gasteiger partial charge is 0.424 e. The highest BCUT2D eigenvalue weighted by molar-refractivity contribution is 5.95. The van der Waals surface area contributed by atoms with Gasteiger partial charge in [-0.3, -0.25) is 9.36 Å². The Balaban J connectivity index is 1.83. The number of rotatable bonds is 8. The number of hydrogen-bond donors (Lipinski definition) is 1. The summed E-state index contributed by atoms with van der Waals surface area (Å²) in [6, 6.07) is 11.1. The molecule has 0 fully saturated rings. The van der Waals surface area contributed by atoms with Crippen molar-refractivity contribution in [1.82, 2.24) is 14.2 Å². The lowest BCUT2D eigenvalue weighted by Gasteiger charge is -2.13. The van der Waals surface area contributed by atoms with Crippen molar-refractivity contribution < 1.29 is 19.3 Å². The number of amides is 1. The monoisotopic (exact) mass is 450 g/mol. The number of nitrogens with one attached hydrogen (secondary N) is 2. The molecule has 2 heterocycles. The maximum atomic E-state index is 13.4. The van der Waals surface area contributed by atoms with Gasteiger partial charge in [0.25, 0.3) is 11.5 Å². The molecule has 0 aliphatic heterocycles. The van der Waals surface area contributed by atoms with Crippen molar-refractivity contribution in [1.29, 1.82) is 0 Å². The minimum absolute atomic E-state index is 0.181. The normalized spacial score (nSPS) is 11.2. The topological polar surface area (TPSA) is 101 Å². The van der Waals surface area contributed by atoms with Crippen LogP contribution >= 0.6 is 0 Å². The molecule has 4 aromatic rings. The lowest BCUT2D eigenvalue weighted by molar-refractivity contribution is -0.358. The molecule has 2 N–H and O–H groups in total.